The predicted octanol–water partition coefficient (Wildman–Crippen LogP) is 2.71. The first-order valence-corrected chi connectivity index (χ1v) is 15.1. The Morgan fingerprint density at radius 3 is 2.92 bits per heavy atom. The van der Waals surface area contributed by atoms with Gasteiger partial charge in [0.2, 0.25) is 5.91 Å². The van der Waals surface area contributed by atoms with Crippen molar-refractivity contribution in [2.45, 2.75) is 81.2 Å². The standard InChI is InChI=1S/C30H41ClN6O3/c1-3-26(38)37-15-14-36(18-21(37)10-12-32)28-23-9-11-30(16-20-6-4-8-24(31)27(20)40-30)17-25(23)33-29(34-28)39-19-22-7-5-13-35(22)2/h3-4,6,8,21-23,25,28-29,33-34H,1,5,7,9-11,13-19H2,2H3/t21?,22?,23?,25?,28?,29?,30-/m1/s1. The Kier molecular flexibility index (Phi) is 8.10. The summed E-state index contributed by atoms with van der Waals surface area (Å²) in [4.78, 5) is 19.1. The van der Waals surface area contributed by atoms with E-state index in [1.54, 1.807) is 4.90 Å². The average Bonchev–Trinajstić information content (AvgIpc) is 3.54. The second-order valence-corrected chi connectivity index (χ2v) is 12.6. The van der Waals surface area contributed by atoms with Crippen LogP contribution in [0.3, 0.4) is 0 Å². The van der Waals surface area contributed by atoms with Gasteiger partial charge in [-0.2, -0.15) is 5.26 Å². The van der Waals surface area contributed by atoms with E-state index in [0.717, 1.165) is 50.9 Å². The molecule has 4 heterocycles. The van der Waals surface area contributed by atoms with E-state index in [2.05, 4.69) is 46.2 Å². The van der Waals surface area contributed by atoms with Gasteiger partial charge in [0.05, 0.1) is 36.3 Å². The van der Waals surface area contributed by atoms with Gasteiger partial charge in [-0.1, -0.05) is 30.3 Å². The van der Waals surface area contributed by atoms with E-state index in [1.165, 1.54) is 18.1 Å². The maximum Gasteiger partial charge on any atom is 0.246 e. The highest BCUT2D eigenvalue weighted by molar-refractivity contribution is 6.32. The molecule has 0 radical (unpaired) electrons. The van der Waals surface area contributed by atoms with E-state index < -0.39 is 0 Å². The fourth-order valence-electron chi connectivity index (χ4n) is 7.72. The summed E-state index contributed by atoms with van der Waals surface area (Å²) in [5.41, 5.74) is 0.925. The third-order valence-electron chi connectivity index (χ3n) is 9.83. The number of nitrogens with one attached hydrogen (secondary N) is 2. The number of benzene rings is 1. The zero-order valence-electron chi connectivity index (χ0n) is 23.4. The second-order valence-electron chi connectivity index (χ2n) is 12.2. The monoisotopic (exact) mass is 568 g/mol. The molecule has 0 bridgehead atoms. The molecule has 4 fully saturated rings. The van der Waals surface area contributed by atoms with Gasteiger partial charge in [-0.05, 0) is 57.0 Å². The molecule has 4 aliphatic heterocycles. The highest BCUT2D eigenvalue weighted by Gasteiger charge is 2.52. The van der Waals surface area contributed by atoms with Crippen LogP contribution in [0.4, 0.5) is 0 Å². The smallest absolute Gasteiger partial charge is 0.246 e. The van der Waals surface area contributed by atoms with Crippen LogP contribution >= 0.6 is 11.6 Å². The molecule has 40 heavy (non-hydrogen) atoms. The minimum atomic E-state index is -0.287. The molecule has 0 aromatic heterocycles. The Morgan fingerprint density at radius 1 is 1.30 bits per heavy atom. The minimum Gasteiger partial charge on any atom is -0.485 e. The van der Waals surface area contributed by atoms with Gasteiger partial charge in [0.1, 0.15) is 11.4 Å². The van der Waals surface area contributed by atoms with E-state index in [0.29, 0.717) is 43.1 Å². The molecule has 1 aliphatic carbocycles. The van der Waals surface area contributed by atoms with Crippen molar-refractivity contribution in [3.8, 4) is 11.8 Å². The molecule has 9 nitrogen and oxygen atoms in total. The number of fused-ring (bicyclic) bond motifs is 2. The lowest BCUT2D eigenvalue weighted by Crippen LogP contribution is -2.73. The molecule has 6 unspecified atom stereocenters. The summed E-state index contributed by atoms with van der Waals surface area (Å²) in [5.74, 6) is 1.08. The number of carbonyl (C=O) groups is 1. The van der Waals surface area contributed by atoms with Crippen LogP contribution in [-0.4, -0.2) is 96.7 Å². The first-order valence-electron chi connectivity index (χ1n) is 14.7. The largest absolute Gasteiger partial charge is 0.485 e. The Balaban J connectivity index is 1.21. The molecule has 2 N–H and O–H groups in total. The summed E-state index contributed by atoms with van der Waals surface area (Å²) in [5, 5.41) is 17.8. The van der Waals surface area contributed by atoms with Gasteiger partial charge in [-0.25, -0.2) is 0 Å². The van der Waals surface area contributed by atoms with Gasteiger partial charge in [0.25, 0.3) is 0 Å². The Morgan fingerprint density at radius 2 is 2.17 bits per heavy atom. The number of nitrogens with zero attached hydrogens (tertiary/aromatic N) is 4. The summed E-state index contributed by atoms with van der Waals surface area (Å²) in [6.07, 6.45) is 7.51. The summed E-state index contributed by atoms with van der Waals surface area (Å²) in [7, 11) is 2.17. The van der Waals surface area contributed by atoms with Gasteiger partial charge in [-0.3, -0.25) is 20.3 Å². The van der Waals surface area contributed by atoms with Crippen molar-refractivity contribution >= 4 is 17.5 Å². The number of amides is 1. The maximum atomic E-state index is 12.5. The highest BCUT2D eigenvalue weighted by atomic mass is 35.5. The Bertz CT molecular complexity index is 1160. The molecular weight excluding hydrogens is 528 g/mol. The van der Waals surface area contributed by atoms with Crippen LogP contribution in [0.1, 0.15) is 44.1 Å². The normalized spacial score (nSPS) is 36.1. The molecular formula is C30H41ClN6O3. The number of rotatable bonds is 6. The number of hydrogen-bond donors (Lipinski definition) is 2. The fourth-order valence-corrected chi connectivity index (χ4v) is 7.95. The molecule has 7 atom stereocenters. The maximum absolute atomic E-state index is 12.5. The van der Waals surface area contributed by atoms with Crippen molar-refractivity contribution in [1.29, 1.82) is 5.26 Å². The minimum absolute atomic E-state index is 0.0736. The summed E-state index contributed by atoms with van der Waals surface area (Å²) < 4.78 is 13.2. The number of likely N-dealkylation sites (N-methyl/N-ethyl adjacent to an activating group) is 1. The molecule has 10 heteroatoms. The number of para-hydroxylation sites is 1. The number of carbonyl (C=O) groups excluding carboxylic acids is 1. The van der Waals surface area contributed by atoms with E-state index in [9.17, 15) is 10.1 Å². The van der Waals surface area contributed by atoms with Crippen molar-refractivity contribution in [3.05, 3.63) is 41.4 Å². The van der Waals surface area contributed by atoms with Crippen LogP contribution in [0, 0.1) is 17.2 Å². The van der Waals surface area contributed by atoms with Crippen molar-refractivity contribution in [2.24, 2.45) is 5.92 Å². The van der Waals surface area contributed by atoms with Crippen LogP contribution in [0.5, 0.6) is 5.75 Å². The number of ether oxygens (including phenoxy) is 2. The number of likely N-dealkylation sites (tertiary alicyclic amines) is 1. The Hall–Kier alpha value is -2.19. The molecule has 1 aromatic carbocycles. The molecule has 5 aliphatic rings. The number of piperazine rings is 1. The number of hydrogen-bond acceptors (Lipinski definition) is 8. The predicted molar refractivity (Wildman–Crippen MR) is 153 cm³/mol. The van der Waals surface area contributed by atoms with Crippen molar-refractivity contribution in [2.75, 3.05) is 39.8 Å². The summed E-state index contributed by atoms with van der Waals surface area (Å²) in [6.45, 7) is 7.43. The van der Waals surface area contributed by atoms with Crippen LogP contribution in [0.2, 0.25) is 5.02 Å². The molecule has 3 saturated heterocycles. The molecule has 216 valence electrons. The van der Waals surface area contributed by atoms with Gasteiger partial charge in [0, 0.05) is 50.5 Å². The van der Waals surface area contributed by atoms with Crippen LogP contribution in [0.25, 0.3) is 0 Å². The van der Waals surface area contributed by atoms with Crippen LogP contribution < -0.4 is 15.4 Å². The Labute approximate surface area is 242 Å². The zero-order chi connectivity index (χ0) is 27.9. The van der Waals surface area contributed by atoms with Gasteiger partial charge >= 0.3 is 0 Å². The molecule has 6 rings (SSSR count). The summed E-state index contributed by atoms with van der Waals surface area (Å²) in [6, 6.07) is 8.80. The van der Waals surface area contributed by atoms with E-state index in [-0.39, 0.29) is 36.1 Å². The SMILES string of the molecule is C=CC(=O)N1CCN(C2NC(OCC3CCCN3C)NC3C[C@@]4(CCC32)Cc2cccc(Cl)c2O4)CC1CC#N. The third kappa shape index (κ3) is 5.38. The fraction of sp³-hybridized carbons (Fsp3) is 0.667. The topological polar surface area (TPSA) is 93.1 Å². The zero-order valence-corrected chi connectivity index (χ0v) is 24.1. The summed E-state index contributed by atoms with van der Waals surface area (Å²) >= 11 is 6.52. The van der Waals surface area contributed by atoms with Gasteiger partial charge < -0.3 is 19.3 Å². The van der Waals surface area contributed by atoms with E-state index >= 15 is 0 Å². The first-order chi connectivity index (χ1) is 19.4. The first kappa shape index (κ1) is 28.0. The lowest BCUT2D eigenvalue weighted by atomic mass is 9.71. The number of nitriles is 1. The molecule has 1 amide bonds. The molecule has 1 saturated carbocycles. The molecule has 1 aromatic rings. The van der Waals surface area contributed by atoms with Crippen LogP contribution in [-0.2, 0) is 16.0 Å². The van der Waals surface area contributed by atoms with Crippen LogP contribution in [0.15, 0.2) is 30.9 Å². The van der Waals surface area contributed by atoms with E-state index in [1.807, 2.05) is 12.1 Å². The van der Waals surface area contributed by atoms with Gasteiger partial charge in [-0.15, -0.1) is 0 Å². The molecule has 1 spiro atoms. The lowest BCUT2D eigenvalue weighted by molar-refractivity contribution is -0.138. The average molecular weight is 569 g/mol. The second kappa shape index (κ2) is 11.6. The lowest BCUT2D eigenvalue weighted by Gasteiger charge is -2.54. The van der Waals surface area contributed by atoms with E-state index in [4.69, 9.17) is 21.1 Å². The van der Waals surface area contributed by atoms with Gasteiger partial charge in [0.15, 0.2) is 6.35 Å². The third-order valence-corrected chi connectivity index (χ3v) is 10.1. The quantitative estimate of drug-likeness (QED) is 0.506. The number of halogens is 1. The van der Waals surface area contributed by atoms with Crippen molar-refractivity contribution in [1.82, 2.24) is 25.3 Å². The van der Waals surface area contributed by atoms with Crippen molar-refractivity contribution < 1.29 is 14.3 Å². The van der Waals surface area contributed by atoms with Crippen molar-refractivity contribution in [3.63, 3.8) is 0 Å². The highest BCUT2D eigenvalue weighted by Crippen LogP contribution is 2.48.